The molecule has 0 radical (unpaired) electrons. The van der Waals surface area contributed by atoms with Gasteiger partial charge in [-0.1, -0.05) is 32.0 Å². The number of aliphatic hydroxyl groups is 1. The van der Waals surface area contributed by atoms with Gasteiger partial charge in [-0.25, -0.2) is 9.18 Å². The Balaban J connectivity index is 1.65. The minimum absolute atomic E-state index is 0.114. The lowest BCUT2D eigenvalue weighted by Gasteiger charge is -2.41. The summed E-state index contributed by atoms with van der Waals surface area (Å²) in [5, 5.41) is 11.7. The van der Waals surface area contributed by atoms with Crippen LogP contribution in [0.2, 0.25) is 0 Å². The van der Waals surface area contributed by atoms with Crippen molar-refractivity contribution in [3.63, 3.8) is 0 Å². The summed E-state index contributed by atoms with van der Waals surface area (Å²) in [5.41, 5.74) is 6.39. The highest BCUT2D eigenvalue weighted by atomic mass is 19.1. The number of nitrogens with zero attached hydrogens (tertiary/aromatic N) is 2. The number of likely N-dealkylation sites (tertiary alicyclic amines) is 1. The molecule has 3 N–H and O–H groups in total. The van der Waals surface area contributed by atoms with Gasteiger partial charge in [-0.05, 0) is 80.4 Å². The second kappa shape index (κ2) is 11.7. The summed E-state index contributed by atoms with van der Waals surface area (Å²) in [4.78, 5) is 16.1. The van der Waals surface area contributed by atoms with E-state index in [0.717, 1.165) is 37.9 Å². The maximum absolute atomic E-state index is 13.2. The standard InChI is InChI=1S/C27H38FN3O3/c1-20(2)17-27(33,19-31(26(29)32)24-5-4-6-25(16-24)34-3)18-30-13-11-22(12-14-30)15-21-7-9-23(28)10-8-21/h4-10,16,20,22,33H,11-15,17-19H2,1-3H3,(H2,29,32). The fraction of sp³-hybridized carbons (Fsp3) is 0.519. The number of rotatable bonds is 10. The molecule has 2 aromatic carbocycles. The molecule has 1 saturated heterocycles. The van der Waals surface area contributed by atoms with Crippen molar-refractivity contribution in [1.29, 1.82) is 0 Å². The number of carbonyl (C=O) groups is 1. The van der Waals surface area contributed by atoms with Crippen molar-refractivity contribution >= 4 is 11.7 Å². The summed E-state index contributed by atoms with van der Waals surface area (Å²) in [5.74, 6) is 1.21. The zero-order chi connectivity index (χ0) is 24.7. The SMILES string of the molecule is COc1cccc(N(CC(O)(CC(C)C)CN2CCC(Cc3ccc(F)cc3)CC2)C(N)=O)c1. The largest absolute Gasteiger partial charge is 0.497 e. The van der Waals surface area contributed by atoms with Crippen LogP contribution in [0.25, 0.3) is 0 Å². The molecule has 0 aromatic heterocycles. The average Bonchev–Trinajstić information content (AvgIpc) is 2.79. The molecule has 1 aliphatic rings. The van der Waals surface area contributed by atoms with Gasteiger partial charge in [0.25, 0.3) is 0 Å². The second-order valence-corrected chi connectivity index (χ2v) is 10.00. The van der Waals surface area contributed by atoms with Crippen LogP contribution in [0, 0.1) is 17.7 Å². The Labute approximate surface area is 202 Å². The molecule has 1 unspecified atom stereocenters. The molecule has 6 nitrogen and oxygen atoms in total. The van der Waals surface area contributed by atoms with E-state index in [1.54, 1.807) is 31.4 Å². The van der Waals surface area contributed by atoms with Gasteiger partial charge >= 0.3 is 6.03 Å². The number of piperidine rings is 1. The monoisotopic (exact) mass is 471 g/mol. The minimum atomic E-state index is -1.10. The highest BCUT2D eigenvalue weighted by molar-refractivity contribution is 5.91. The number of methoxy groups -OCH3 is 1. The van der Waals surface area contributed by atoms with Gasteiger partial charge in [-0.2, -0.15) is 0 Å². The lowest BCUT2D eigenvalue weighted by Crippen LogP contribution is -2.55. The lowest BCUT2D eigenvalue weighted by molar-refractivity contribution is -0.0138. The maximum atomic E-state index is 13.2. The molecule has 3 rings (SSSR count). The van der Waals surface area contributed by atoms with Crippen LogP contribution >= 0.6 is 0 Å². The van der Waals surface area contributed by atoms with E-state index in [2.05, 4.69) is 18.7 Å². The molecule has 0 bridgehead atoms. The van der Waals surface area contributed by atoms with Gasteiger partial charge in [0.1, 0.15) is 11.6 Å². The van der Waals surface area contributed by atoms with E-state index in [4.69, 9.17) is 10.5 Å². The van der Waals surface area contributed by atoms with E-state index in [1.165, 1.54) is 17.0 Å². The van der Waals surface area contributed by atoms with Crippen molar-refractivity contribution < 1.29 is 19.0 Å². The number of urea groups is 1. The molecule has 0 spiro atoms. The summed E-state index contributed by atoms with van der Waals surface area (Å²) >= 11 is 0. The molecular formula is C27H38FN3O3. The topological polar surface area (TPSA) is 79.0 Å². The Morgan fingerprint density at radius 1 is 1.24 bits per heavy atom. The van der Waals surface area contributed by atoms with Crippen molar-refractivity contribution in [1.82, 2.24) is 4.90 Å². The predicted octanol–water partition coefficient (Wildman–Crippen LogP) is 4.45. The fourth-order valence-corrected chi connectivity index (χ4v) is 5.03. The van der Waals surface area contributed by atoms with Gasteiger partial charge < -0.3 is 20.5 Å². The van der Waals surface area contributed by atoms with Crippen LogP contribution in [0.3, 0.4) is 0 Å². The predicted molar refractivity (Wildman–Crippen MR) is 134 cm³/mol. The zero-order valence-electron chi connectivity index (χ0n) is 20.5. The molecular weight excluding hydrogens is 433 g/mol. The molecule has 34 heavy (non-hydrogen) atoms. The van der Waals surface area contributed by atoms with Gasteiger partial charge in [0, 0.05) is 18.3 Å². The van der Waals surface area contributed by atoms with Gasteiger partial charge in [0.15, 0.2) is 0 Å². The van der Waals surface area contributed by atoms with Crippen LogP contribution in [0.15, 0.2) is 48.5 Å². The summed E-state index contributed by atoms with van der Waals surface area (Å²) in [7, 11) is 1.57. The molecule has 186 valence electrons. The number of amides is 2. The second-order valence-electron chi connectivity index (χ2n) is 10.00. The number of primary amides is 1. The molecule has 7 heteroatoms. The van der Waals surface area contributed by atoms with Crippen molar-refractivity contribution in [2.45, 2.75) is 45.1 Å². The van der Waals surface area contributed by atoms with E-state index < -0.39 is 11.6 Å². The molecule has 2 amide bonds. The number of β-amino-alcohol motifs (C(OH)–C–C–N with tert-alkyl or cyclic N) is 1. The van der Waals surface area contributed by atoms with E-state index in [1.807, 2.05) is 12.1 Å². The van der Waals surface area contributed by atoms with Crippen molar-refractivity contribution in [2.75, 3.05) is 38.2 Å². The third-order valence-electron chi connectivity index (χ3n) is 6.53. The van der Waals surface area contributed by atoms with Crippen molar-refractivity contribution in [2.24, 2.45) is 17.6 Å². The molecule has 1 heterocycles. The number of hydrogen-bond donors (Lipinski definition) is 2. The number of nitrogens with two attached hydrogens (primary N) is 1. The first kappa shape index (κ1) is 26.0. The zero-order valence-corrected chi connectivity index (χ0v) is 20.5. The van der Waals surface area contributed by atoms with E-state index in [0.29, 0.717) is 30.3 Å². The average molecular weight is 472 g/mol. The van der Waals surface area contributed by atoms with E-state index in [-0.39, 0.29) is 18.3 Å². The molecule has 2 aromatic rings. The summed E-state index contributed by atoms with van der Waals surface area (Å²) < 4.78 is 18.5. The number of halogens is 1. The number of carbonyl (C=O) groups excluding carboxylic acids is 1. The van der Waals surface area contributed by atoms with Crippen LogP contribution in [0.4, 0.5) is 14.9 Å². The number of ether oxygens (including phenoxy) is 1. The third kappa shape index (κ3) is 7.43. The van der Waals surface area contributed by atoms with E-state index >= 15 is 0 Å². The smallest absolute Gasteiger partial charge is 0.319 e. The van der Waals surface area contributed by atoms with Crippen LogP contribution in [-0.4, -0.2) is 54.9 Å². The molecule has 1 aliphatic heterocycles. The van der Waals surface area contributed by atoms with Crippen molar-refractivity contribution in [3.8, 4) is 5.75 Å². The maximum Gasteiger partial charge on any atom is 0.319 e. The molecule has 1 fully saturated rings. The van der Waals surface area contributed by atoms with Crippen LogP contribution < -0.4 is 15.4 Å². The highest BCUT2D eigenvalue weighted by Gasteiger charge is 2.35. The Hall–Kier alpha value is -2.64. The Kier molecular flexibility index (Phi) is 8.91. The van der Waals surface area contributed by atoms with Gasteiger partial charge in [0.05, 0.1) is 19.3 Å². The van der Waals surface area contributed by atoms with Gasteiger partial charge in [0.2, 0.25) is 0 Å². The minimum Gasteiger partial charge on any atom is -0.497 e. The molecule has 0 aliphatic carbocycles. The number of hydrogen-bond acceptors (Lipinski definition) is 4. The Morgan fingerprint density at radius 3 is 2.50 bits per heavy atom. The molecule has 0 saturated carbocycles. The van der Waals surface area contributed by atoms with Gasteiger partial charge in [-0.3, -0.25) is 4.90 Å². The van der Waals surface area contributed by atoms with Crippen LogP contribution in [-0.2, 0) is 6.42 Å². The lowest BCUT2D eigenvalue weighted by atomic mass is 9.87. The quantitative estimate of drug-likeness (QED) is 0.537. The number of benzene rings is 2. The first-order valence-corrected chi connectivity index (χ1v) is 12.1. The first-order valence-electron chi connectivity index (χ1n) is 12.1. The van der Waals surface area contributed by atoms with Crippen LogP contribution in [0.1, 0.15) is 38.7 Å². The fourth-order valence-electron chi connectivity index (χ4n) is 5.03. The normalized spacial score (nSPS) is 16.9. The summed E-state index contributed by atoms with van der Waals surface area (Å²) in [6.07, 6.45) is 3.53. The Bertz CT molecular complexity index is 929. The van der Waals surface area contributed by atoms with E-state index in [9.17, 15) is 14.3 Å². The Morgan fingerprint density at radius 2 is 1.91 bits per heavy atom. The van der Waals surface area contributed by atoms with Crippen molar-refractivity contribution in [3.05, 3.63) is 59.9 Å². The first-order chi connectivity index (χ1) is 16.2. The summed E-state index contributed by atoms with van der Waals surface area (Å²) in [6.45, 7) is 6.48. The summed E-state index contributed by atoms with van der Waals surface area (Å²) in [6, 6.07) is 13.3. The highest BCUT2D eigenvalue weighted by Crippen LogP contribution is 2.28. The third-order valence-corrected chi connectivity index (χ3v) is 6.53. The number of anilines is 1. The van der Waals surface area contributed by atoms with Crippen LogP contribution in [0.5, 0.6) is 5.75 Å². The molecule has 1 atom stereocenters. The van der Waals surface area contributed by atoms with Gasteiger partial charge in [-0.15, -0.1) is 0 Å².